The summed E-state index contributed by atoms with van der Waals surface area (Å²) in [5.74, 6) is 0. The molecule has 0 radical (unpaired) electrons. The fourth-order valence-electron chi connectivity index (χ4n) is 4.59. The van der Waals surface area contributed by atoms with Gasteiger partial charge in [-0.1, -0.05) is 115 Å². The predicted octanol–water partition coefficient (Wildman–Crippen LogP) is 8.89. The summed E-state index contributed by atoms with van der Waals surface area (Å²) in [6, 6.07) is 15.5. The Bertz CT molecular complexity index is 1010. The van der Waals surface area contributed by atoms with Gasteiger partial charge in [0.1, 0.15) is 0 Å². The molecule has 5 heteroatoms. The molecule has 0 bridgehead atoms. The average Bonchev–Trinajstić information content (AvgIpc) is 2.94. The van der Waals surface area contributed by atoms with Crippen LogP contribution in [0, 0.1) is 0 Å². The van der Waals surface area contributed by atoms with Gasteiger partial charge in [-0.15, -0.1) is 0 Å². The number of hydrogen-bond donors (Lipinski definition) is 1. The molecule has 0 saturated carbocycles. The molecule has 1 N–H and O–H groups in total. The van der Waals surface area contributed by atoms with Crippen molar-refractivity contribution in [3.63, 3.8) is 0 Å². The highest BCUT2D eigenvalue weighted by Crippen LogP contribution is 2.22. The number of hydrogen-bond acceptors (Lipinski definition) is 4. The molecule has 2 aromatic carbocycles. The lowest BCUT2D eigenvalue weighted by molar-refractivity contribution is 0.233. The number of aliphatic hydroxyl groups excluding tert-OH is 1. The molecule has 0 aliphatic heterocycles. The minimum absolute atomic E-state index is 0.185. The minimum atomic E-state index is -3.73. The van der Waals surface area contributed by atoms with E-state index in [0.29, 0.717) is 6.42 Å². The van der Waals surface area contributed by atoms with Crippen LogP contribution >= 0.6 is 0 Å². The van der Waals surface area contributed by atoms with E-state index >= 15 is 0 Å². The topological polar surface area (TPSA) is 57.6 Å². The zero-order valence-electron chi connectivity index (χ0n) is 24.1. The first-order chi connectivity index (χ1) is 18.4. The van der Waals surface area contributed by atoms with E-state index in [1.165, 1.54) is 63.5 Å². The van der Waals surface area contributed by atoms with Gasteiger partial charge in [0.05, 0.1) is 4.90 Å². The Morgan fingerprint density at radius 2 is 1.11 bits per heavy atom. The van der Waals surface area contributed by atoms with Crippen LogP contribution in [0.1, 0.15) is 115 Å². The first-order valence-electron chi connectivity index (χ1n) is 15.0. The van der Waals surface area contributed by atoms with Gasteiger partial charge in [-0.05, 0) is 61.1 Å². The van der Waals surface area contributed by atoms with Crippen molar-refractivity contribution in [1.29, 1.82) is 0 Å². The predicted molar refractivity (Wildman–Crippen MR) is 164 cm³/mol. The minimum Gasteiger partial charge on any atom is -0.377 e. The van der Waals surface area contributed by atoms with Crippen molar-refractivity contribution >= 4 is 27.7 Å². The van der Waals surface area contributed by atoms with Crippen LogP contribution in [0.4, 0.5) is 5.69 Å². The van der Waals surface area contributed by atoms with Crippen molar-refractivity contribution in [2.45, 2.75) is 115 Å². The van der Waals surface area contributed by atoms with Crippen molar-refractivity contribution in [3.8, 4) is 0 Å². The summed E-state index contributed by atoms with van der Waals surface area (Å²) in [7, 11) is -3.73. The Morgan fingerprint density at radius 1 is 0.658 bits per heavy atom. The van der Waals surface area contributed by atoms with Gasteiger partial charge >= 0.3 is 0 Å². The molecule has 0 saturated heterocycles. The van der Waals surface area contributed by atoms with Gasteiger partial charge in [-0.2, -0.15) is 0 Å². The first kappa shape index (κ1) is 32.1. The number of nitrogens with zero attached hydrogens (tertiary/aromatic N) is 1. The van der Waals surface area contributed by atoms with Gasteiger partial charge < -0.3 is 10.0 Å². The Hall–Kier alpha value is -2.11. The van der Waals surface area contributed by atoms with Gasteiger partial charge in [0.2, 0.25) is 9.84 Å². The Kier molecular flexibility index (Phi) is 15.4. The molecule has 212 valence electrons. The van der Waals surface area contributed by atoms with Crippen LogP contribution in [0.3, 0.4) is 0 Å². The maximum atomic E-state index is 12.8. The Morgan fingerprint density at radius 3 is 1.61 bits per heavy atom. The normalized spacial score (nSPS) is 12.7. The van der Waals surface area contributed by atoms with Crippen LogP contribution in [0.5, 0.6) is 0 Å². The molecule has 0 amide bonds. The second-order valence-electron chi connectivity index (χ2n) is 10.5. The van der Waals surface area contributed by atoms with Crippen molar-refractivity contribution in [2.75, 3.05) is 18.0 Å². The summed E-state index contributed by atoms with van der Waals surface area (Å²) >= 11 is 0. The van der Waals surface area contributed by atoms with Gasteiger partial charge in [0.25, 0.3) is 0 Å². The third-order valence-electron chi connectivity index (χ3n) is 7.16. The third-order valence-corrected chi connectivity index (χ3v) is 9.04. The molecular weight excluding hydrogens is 490 g/mol. The quantitative estimate of drug-likeness (QED) is 0.134. The molecule has 0 spiro atoms. The van der Waals surface area contributed by atoms with Gasteiger partial charge in [0, 0.05) is 18.8 Å². The van der Waals surface area contributed by atoms with Crippen molar-refractivity contribution < 1.29 is 13.5 Å². The van der Waals surface area contributed by atoms with Gasteiger partial charge in [0.15, 0.2) is 5.44 Å². The lowest BCUT2D eigenvalue weighted by atomic mass is 10.1. The molecule has 4 nitrogen and oxygen atoms in total. The van der Waals surface area contributed by atoms with E-state index in [4.69, 9.17) is 0 Å². The monoisotopic (exact) mass is 541 g/mol. The summed E-state index contributed by atoms with van der Waals surface area (Å²) in [4.78, 5) is 2.66. The van der Waals surface area contributed by atoms with Crippen LogP contribution in [-0.4, -0.2) is 32.0 Å². The fraction of sp³-hybridized carbons (Fsp3) is 0.576. The van der Waals surface area contributed by atoms with Crippen molar-refractivity contribution in [3.05, 3.63) is 59.7 Å². The summed E-state index contributed by atoms with van der Waals surface area (Å²) in [6.45, 7) is 8.86. The van der Waals surface area contributed by atoms with Crippen molar-refractivity contribution in [2.24, 2.45) is 0 Å². The molecule has 0 aliphatic carbocycles. The molecule has 1 atom stereocenters. The van der Waals surface area contributed by atoms with Crippen LogP contribution in [0.15, 0.2) is 53.4 Å². The van der Waals surface area contributed by atoms with Crippen LogP contribution < -0.4 is 4.90 Å². The Balaban J connectivity index is 1.88. The zero-order valence-corrected chi connectivity index (χ0v) is 24.9. The summed E-state index contributed by atoms with van der Waals surface area (Å²) < 4.78 is 25.6. The highest BCUT2D eigenvalue weighted by molar-refractivity contribution is 7.91. The van der Waals surface area contributed by atoms with Crippen LogP contribution in [0.25, 0.3) is 12.2 Å². The fourth-order valence-corrected chi connectivity index (χ4v) is 5.90. The van der Waals surface area contributed by atoms with Crippen LogP contribution in [0.2, 0.25) is 0 Å². The number of anilines is 1. The zero-order chi connectivity index (χ0) is 27.6. The lowest BCUT2D eigenvalue weighted by Crippen LogP contribution is -2.25. The summed E-state index contributed by atoms with van der Waals surface area (Å²) in [6.07, 6.45) is 18.2. The molecular formula is C33H51NO3S. The lowest BCUT2D eigenvalue weighted by Gasteiger charge is -2.24. The molecule has 1 unspecified atom stereocenters. The van der Waals surface area contributed by atoms with Crippen molar-refractivity contribution in [1.82, 2.24) is 0 Å². The van der Waals surface area contributed by atoms with E-state index in [-0.39, 0.29) is 4.90 Å². The van der Waals surface area contributed by atoms with E-state index in [9.17, 15) is 13.5 Å². The van der Waals surface area contributed by atoms with Gasteiger partial charge in [-0.3, -0.25) is 0 Å². The largest absolute Gasteiger partial charge is 0.377 e. The molecule has 38 heavy (non-hydrogen) atoms. The molecule has 2 rings (SSSR count). The van der Waals surface area contributed by atoms with Crippen LogP contribution in [-0.2, 0) is 9.84 Å². The number of unbranched alkanes of at least 4 members (excludes halogenated alkanes) is 9. The third kappa shape index (κ3) is 11.3. The van der Waals surface area contributed by atoms with E-state index < -0.39 is 15.3 Å². The number of aliphatic hydroxyl groups is 1. The second-order valence-corrected chi connectivity index (χ2v) is 12.6. The van der Waals surface area contributed by atoms with E-state index in [1.54, 1.807) is 24.3 Å². The molecule has 0 aromatic heterocycles. The number of rotatable bonds is 20. The molecule has 2 aromatic rings. The smallest absolute Gasteiger partial charge is 0.204 e. The molecule has 0 aliphatic rings. The van der Waals surface area contributed by atoms with E-state index in [1.807, 2.05) is 12.2 Å². The highest BCUT2D eigenvalue weighted by Gasteiger charge is 2.24. The highest BCUT2D eigenvalue weighted by atomic mass is 32.2. The summed E-state index contributed by atoms with van der Waals surface area (Å²) in [5.41, 5.74) is 1.97. The maximum Gasteiger partial charge on any atom is 0.204 e. The van der Waals surface area contributed by atoms with E-state index in [0.717, 1.165) is 43.5 Å². The standard InChI is InChI=1S/C33H51NO3S/c1-4-7-10-11-12-13-14-15-16-33(35)38(36,37)32-25-21-30(22-26-32)18-17-29-19-23-31(24-20-29)34(27-8-5-2)28-9-6-3/h17-26,33,35H,4-16,27-28H2,1-3H3. The first-order valence-corrected chi connectivity index (χ1v) is 16.5. The van der Waals surface area contributed by atoms with Gasteiger partial charge in [-0.25, -0.2) is 8.42 Å². The number of benzene rings is 2. The number of sulfone groups is 1. The van der Waals surface area contributed by atoms with E-state index in [2.05, 4.69) is 49.9 Å². The average molecular weight is 542 g/mol. The summed E-state index contributed by atoms with van der Waals surface area (Å²) in [5, 5.41) is 10.4. The second kappa shape index (κ2) is 18.2. The maximum absolute atomic E-state index is 12.8. The Labute approximate surface area is 233 Å². The molecule has 0 fully saturated rings. The molecule has 0 heterocycles. The SMILES string of the molecule is CCCCCCCCCCC(O)S(=O)(=O)c1ccc(C=Cc2ccc(N(CCCC)CCCC)cc2)cc1.